The molecule has 0 atom stereocenters. The molecule has 0 radical (unpaired) electrons. The molecule has 11 aromatic carbocycles. The lowest BCUT2D eigenvalue weighted by atomic mass is 9.73. The van der Waals surface area contributed by atoms with Crippen molar-refractivity contribution in [2.45, 2.75) is 66.2 Å². The smallest absolute Gasteiger partial charge is 0.0612 e. The van der Waals surface area contributed by atoms with Crippen LogP contribution in [0.25, 0.3) is 114 Å². The summed E-state index contributed by atoms with van der Waals surface area (Å²) in [6, 6.07) is 62.3. The van der Waals surface area contributed by atoms with Crippen molar-refractivity contribution in [1.29, 1.82) is 0 Å². The zero-order chi connectivity index (χ0) is 43.1. The van der Waals surface area contributed by atoms with E-state index in [-0.39, 0.29) is 10.8 Å². The van der Waals surface area contributed by atoms with E-state index in [9.17, 15) is 0 Å². The number of hydrogen-bond donors (Lipinski definition) is 0. The van der Waals surface area contributed by atoms with Crippen LogP contribution in [0.1, 0.15) is 63.9 Å². The Kier molecular flexibility index (Phi) is 7.96. The van der Waals surface area contributed by atoms with Gasteiger partial charge < -0.3 is 4.57 Å². The Balaban J connectivity index is 1.09. The lowest BCUT2D eigenvalue weighted by Crippen LogP contribution is -2.17. The van der Waals surface area contributed by atoms with Gasteiger partial charge in [0.05, 0.1) is 11.2 Å². The molecule has 0 saturated carbocycles. The normalized spacial score (nSPS) is 12.8. The molecule has 1 nitrogen and oxygen atoms in total. The second-order valence-electron chi connectivity index (χ2n) is 20.1. The van der Waals surface area contributed by atoms with Gasteiger partial charge in [-0.25, -0.2) is 0 Å². The first-order chi connectivity index (χ1) is 30.4. The summed E-state index contributed by atoms with van der Waals surface area (Å²) in [5.41, 5.74) is 12.9. The molecule has 0 unspecified atom stereocenters. The quantitative estimate of drug-likeness (QED) is 0.124. The highest BCUT2D eigenvalue weighted by molar-refractivity contribution is 6.26. The van der Waals surface area contributed by atoms with Gasteiger partial charge in [0.1, 0.15) is 0 Å². The zero-order valence-electron chi connectivity index (χ0n) is 37.5. The minimum atomic E-state index is -0.0496. The van der Waals surface area contributed by atoms with Crippen LogP contribution in [0.2, 0.25) is 0 Å². The van der Waals surface area contributed by atoms with Gasteiger partial charge in [-0.2, -0.15) is 0 Å². The number of hydrogen-bond acceptors (Lipinski definition) is 0. The third kappa shape index (κ3) is 5.42. The Morgan fingerprint density at radius 2 is 0.841 bits per heavy atom. The van der Waals surface area contributed by atoms with E-state index in [4.69, 9.17) is 0 Å². The van der Waals surface area contributed by atoms with Crippen LogP contribution in [0.5, 0.6) is 0 Å². The molecular formula is C62H51N. The summed E-state index contributed by atoms with van der Waals surface area (Å²) >= 11 is 0. The summed E-state index contributed by atoms with van der Waals surface area (Å²) in [5.74, 6) is 0. The van der Waals surface area contributed by atoms with Crippen LogP contribution < -0.4 is 0 Å². The highest BCUT2D eigenvalue weighted by Crippen LogP contribution is 2.47. The van der Waals surface area contributed by atoms with Crippen LogP contribution >= 0.6 is 0 Å². The number of benzene rings is 11. The van der Waals surface area contributed by atoms with E-state index in [1.165, 1.54) is 137 Å². The van der Waals surface area contributed by atoms with Gasteiger partial charge in [-0.05, 0) is 140 Å². The van der Waals surface area contributed by atoms with E-state index in [1.807, 2.05) is 0 Å². The number of aryl methyl sites for hydroxylation is 1. The molecular weight excluding hydrogens is 759 g/mol. The zero-order valence-corrected chi connectivity index (χ0v) is 37.5. The second-order valence-corrected chi connectivity index (χ2v) is 20.1. The van der Waals surface area contributed by atoms with Gasteiger partial charge in [-0.3, -0.25) is 0 Å². The van der Waals surface area contributed by atoms with Crippen LogP contribution in [-0.2, 0) is 10.8 Å². The molecule has 0 aliphatic rings. The van der Waals surface area contributed by atoms with Crippen molar-refractivity contribution in [3.05, 3.63) is 186 Å². The Hall–Kier alpha value is -6.96. The minimum absolute atomic E-state index is 0.0216. The average Bonchev–Trinajstić information content (AvgIpc) is 3.54. The van der Waals surface area contributed by atoms with Crippen molar-refractivity contribution in [1.82, 2.24) is 4.57 Å². The Morgan fingerprint density at radius 1 is 0.349 bits per heavy atom. The lowest BCUT2D eigenvalue weighted by molar-refractivity contribution is 0.593. The molecule has 0 amide bonds. The summed E-state index contributed by atoms with van der Waals surface area (Å²) in [5, 5.41) is 19.7. The molecule has 0 fully saturated rings. The topological polar surface area (TPSA) is 4.93 Å². The molecule has 63 heavy (non-hydrogen) atoms. The Labute approximate surface area is 369 Å². The second kappa shape index (κ2) is 13.3. The molecule has 0 aliphatic heterocycles. The molecule has 304 valence electrons. The highest BCUT2D eigenvalue weighted by atomic mass is 15.0. The molecule has 0 bridgehead atoms. The van der Waals surface area contributed by atoms with E-state index in [1.54, 1.807) is 0 Å². The van der Waals surface area contributed by atoms with Gasteiger partial charge in [0.25, 0.3) is 0 Å². The number of aromatic nitrogens is 1. The number of fused-ring (bicyclic) bond motifs is 6. The van der Waals surface area contributed by atoms with Crippen LogP contribution in [-0.4, -0.2) is 4.57 Å². The first-order valence-corrected chi connectivity index (χ1v) is 22.6. The van der Waals surface area contributed by atoms with Crippen molar-refractivity contribution in [2.75, 3.05) is 0 Å². The van der Waals surface area contributed by atoms with Gasteiger partial charge in [0.15, 0.2) is 0 Å². The molecule has 1 aromatic heterocycles. The molecule has 12 rings (SSSR count). The van der Waals surface area contributed by atoms with E-state index in [0.29, 0.717) is 0 Å². The van der Waals surface area contributed by atoms with E-state index < -0.39 is 0 Å². The Bertz CT molecular complexity index is 3860. The standard InChI is InChI=1S/C62H51N/c1-36-37(2)63(55-34-33-46(44-17-9-10-18-48(44)55)47-28-25-40-24-23-38-15-13-16-39-26-29-49(47)57(40)56(38)39)60-42(36)31-32-45-43(21-14-22-53(45)60)41-27-30-52-54(35-41)59(62(6,7)8)51-20-12-11-19-50(51)58(52)61(3,4)5/h9-35H,1-8H3. The summed E-state index contributed by atoms with van der Waals surface area (Å²) in [6.07, 6.45) is 0. The van der Waals surface area contributed by atoms with Crippen molar-refractivity contribution in [3.63, 3.8) is 0 Å². The summed E-state index contributed by atoms with van der Waals surface area (Å²) < 4.78 is 2.55. The maximum Gasteiger partial charge on any atom is 0.0612 e. The number of nitrogens with zero attached hydrogens (tertiary/aromatic N) is 1. The van der Waals surface area contributed by atoms with Crippen molar-refractivity contribution in [2.24, 2.45) is 0 Å². The first kappa shape index (κ1) is 37.8. The average molecular weight is 810 g/mol. The summed E-state index contributed by atoms with van der Waals surface area (Å²) in [4.78, 5) is 0. The highest BCUT2D eigenvalue weighted by Gasteiger charge is 2.28. The molecule has 0 aliphatic carbocycles. The maximum atomic E-state index is 2.55. The minimum Gasteiger partial charge on any atom is -0.312 e. The lowest BCUT2D eigenvalue weighted by Gasteiger charge is -2.30. The maximum absolute atomic E-state index is 2.55. The van der Waals surface area contributed by atoms with E-state index in [2.05, 4.69) is 224 Å². The van der Waals surface area contributed by atoms with Crippen molar-refractivity contribution >= 4 is 86.3 Å². The van der Waals surface area contributed by atoms with Gasteiger partial charge in [-0.1, -0.05) is 193 Å². The van der Waals surface area contributed by atoms with E-state index >= 15 is 0 Å². The Morgan fingerprint density at radius 3 is 1.56 bits per heavy atom. The predicted molar refractivity (Wildman–Crippen MR) is 275 cm³/mol. The van der Waals surface area contributed by atoms with Gasteiger partial charge in [-0.15, -0.1) is 0 Å². The molecule has 1 heteroatoms. The first-order valence-electron chi connectivity index (χ1n) is 22.6. The molecule has 12 aromatic rings. The number of rotatable bonds is 3. The van der Waals surface area contributed by atoms with Crippen molar-refractivity contribution in [3.8, 4) is 27.9 Å². The van der Waals surface area contributed by atoms with Gasteiger partial charge in [0, 0.05) is 21.9 Å². The molecule has 1 heterocycles. The van der Waals surface area contributed by atoms with E-state index in [0.717, 1.165) is 0 Å². The summed E-state index contributed by atoms with van der Waals surface area (Å²) in [7, 11) is 0. The largest absolute Gasteiger partial charge is 0.312 e. The predicted octanol–water partition coefficient (Wildman–Crippen LogP) is 17.7. The van der Waals surface area contributed by atoms with Crippen LogP contribution in [0.4, 0.5) is 0 Å². The fourth-order valence-corrected chi connectivity index (χ4v) is 11.6. The van der Waals surface area contributed by atoms with Gasteiger partial charge >= 0.3 is 0 Å². The van der Waals surface area contributed by atoms with Crippen molar-refractivity contribution < 1.29 is 0 Å². The fourth-order valence-electron chi connectivity index (χ4n) is 11.6. The SMILES string of the molecule is Cc1c(C)n(-c2ccc(-c3ccc4ccc5cccc6ccc3c4c56)c3ccccc23)c2c1ccc1c(-c3ccc4c(C(C)(C)C)c5ccccc5c(C(C)(C)C)c4c3)cccc12. The monoisotopic (exact) mass is 809 g/mol. The third-order valence-electron chi connectivity index (χ3n) is 14.3. The summed E-state index contributed by atoms with van der Waals surface area (Å²) in [6.45, 7) is 18.8. The molecule has 0 spiro atoms. The fraction of sp³-hybridized carbons (Fsp3) is 0.161. The van der Waals surface area contributed by atoms with Crippen LogP contribution in [0.3, 0.4) is 0 Å². The molecule has 0 N–H and O–H groups in total. The third-order valence-corrected chi connectivity index (χ3v) is 14.3. The molecule has 0 saturated heterocycles. The van der Waals surface area contributed by atoms with Gasteiger partial charge in [0.2, 0.25) is 0 Å². The van der Waals surface area contributed by atoms with Crippen LogP contribution in [0, 0.1) is 13.8 Å². The van der Waals surface area contributed by atoms with Crippen LogP contribution in [0.15, 0.2) is 164 Å².